The third-order valence-electron chi connectivity index (χ3n) is 3.62. The van der Waals surface area contributed by atoms with Gasteiger partial charge >= 0.3 is 0 Å². The van der Waals surface area contributed by atoms with Crippen molar-refractivity contribution in [1.82, 2.24) is 15.1 Å². The van der Waals surface area contributed by atoms with Gasteiger partial charge in [0.1, 0.15) is 5.69 Å². The molecule has 4 nitrogen and oxygen atoms in total. The van der Waals surface area contributed by atoms with Crippen molar-refractivity contribution in [2.75, 3.05) is 6.54 Å². The third kappa shape index (κ3) is 3.08. The molecule has 0 bridgehead atoms. The minimum Gasteiger partial charge on any atom is -0.450 e. The van der Waals surface area contributed by atoms with Gasteiger partial charge in [-0.1, -0.05) is 19.1 Å². The molecule has 0 aliphatic carbocycles. The standard InChI is InChI=1S/C16H22FN3O/c1-6-18-10(2)13-8-7-9-14(17)16(13)21-15-11(3)19-20(5)12(15)4/h7-10,18H,6H2,1-5H3. The minimum atomic E-state index is -0.361. The molecule has 0 fully saturated rings. The molecule has 114 valence electrons. The van der Waals surface area contributed by atoms with Crippen LogP contribution >= 0.6 is 0 Å². The quantitative estimate of drug-likeness (QED) is 0.914. The van der Waals surface area contributed by atoms with Crippen molar-refractivity contribution in [1.29, 1.82) is 0 Å². The largest absolute Gasteiger partial charge is 0.450 e. The van der Waals surface area contributed by atoms with Crippen molar-refractivity contribution in [3.8, 4) is 11.5 Å². The maximum Gasteiger partial charge on any atom is 0.171 e. The number of hydrogen-bond donors (Lipinski definition) is 1. The monoisotopic (exact) mass is 291 g/mol. The van der Waals surface area contributed by atoms with Gasteiger partial charge in [0.25, 0.3) is 0 Å². The normalized spacial score (nSPS) is 12.5. The van der Waals surface area contributed by atoms with Gasteiger partial charge in [0, 0.05) is 18.7 Å². The fourth-order valence-corrected chi connectivity index (χ4v) is 2.39. The van der Waals surface area contributed by atoms with Crippen LogP contribution in [0.1, 0.15) is 36.8 Å². The number of rotatable bonds is 5. The lowest BCUT2D eigenvalue weighted by Gasteiger charge is -2.18. The highest BCUT2D eigenvalue weighted by Crippen LogP contribution is 2.35. The molecule has 0 amide bonds. The lowest BCUT2D eigenvalue weighted by molar-refractivity contribution is 0.421. The van der Waals surface area contributed by atoms with E-state index in [1.807, 2.05) is 40.8 Å². The molecule has 0 radical (unpaired) electrons. The summed E-state index contributed by atoms with van der Waals surface area (Å²) in [6.07, 6.45) is 0. The highest BCUT2D eigenvalue weighted by Gasteiger charge is 2.19. The van der Waals surface area contributed by atoms with Gasteiger partial charge in [-0.25, -0.2) is 4.39 Å². The fraction of sp³-hybridized carbons (Fsp3) is 0.438. The molecular weight excluding hydrogens is 269 g/mol. The van der Waals surface area contributed by atoms with Crippen LogP contribution in [0, 0.1) is 19.7 Å². The Balaban J connectivity index is 2.43. The summed E-state index contributed by atoms with van der Waals surface area (Å²) in [5.74, 6) is 0.526. The first-order valence-electron chi connectivity index (χ1n) is 7.15. The van der Waals surface area contributed by atoms with Crippen LogP contribution < -0.4 is 10.1 Å². The second-order valence-electron chi connectivity index (χ2n) is 5.16. The van der Waals surface area contributed by atoms with Crippen molar-refractivity contribution in [2.45, 2.75) is 33.7 Å². The molecule has 1 unspecified atom stereocenters. The van der Waals surface area contributed by atoms with Crippen LogP contribution in [0.4, 0.5) is 4.39 Å². The first kappa shape index (κ1) is 15.5. The first-order chi connectivity index (χ1) is 9.95. The Morgan fingerprint density at radius 3 is 2.62 bits per heavy atom. The van der Waals surface area contributed by atoms with Gasteiger partial charge in [-0.2, -0.15) is 5.10 Å². The predicted molar refractivity (Wildman–Crippen MR) is 81.2 cm³/mol. The maximum atomic E-state index is 14.2. The summed E-state index contributed by atoms with van der Waals surface area (Å²) in [7, 11) is 1.85. The summed E-state index contributed by atoms with van der Waals surface area (Å²) in [4.78, 5) is 0. The molecule has 1 aromatic heterocycles. The van der Waals surface area contributed by atoms with Gasteiger partial charge in [-0.3, -0.25) is 4.68 Å². The van der Waals surface area contributed by atoms with Crippen LogP contribution in [-0.2, 0) is 7.05 Å². The van der Waals surface area contributed by atoms with Gasteiger partial charge in [-0.05, 0) is 33.4 Å². The number of nitrogens with zero attached hydrogens (tertiary/aromatic N) is 2. The van der Waals surface area contributed by atoms with Crippen molar-refractivity contribution in [2.24, 2.45) is 7.05 Å². The zero-order valence-electron chi connectivity index (χ0n) is 13.2. The molecule has 0 aliphatic rings. The van der Waals surface area contributed by atoms with E-state index in [2.05, 4.69) is 10.4 Å². The van der Waals surface area contributed by atoms with Crippen LogP contribution in [0.3, 0.4) is 0 Å². The van der Waals surface area contributed by atoms with Crippen molar-refractivity contribution >= 4 is 0 Å². The number of ether oxygens (including phenoxy) is 1. The number of aryl methyl sites for hydroxylation is 2. The number of benzene rings is 1. The van der Waals surface area contributed by atoms with Gasteiger partial charge in [0.15, 0.2) is 17.3 Å². The van der Waals surface area contributed by atoms with Crippen LogP contribution in [0.2, 0.25) is 0 Å². The SMILES string of the molecule is CCNC(C)c1cccc(F)c1Oc1c(C)nn(C)c1C. The zero-order chi connectivity index (χ0) is 15.6. The zero-order valence-corrected chi connectivity index (χ0v) is 13.2. The average molecular weight is 291 g/mol. The molecule has 0 aliphatic heterocycles. The molecule has 5 heteroatoms. The van der Waals surface area contributed by atoms with E-state index in [9.17, 15) is 4.39 Å². The summed E-state index contributed by atoms with van der Waals surface area (Å²) in [6, 6.07) is 5.01. The molecule has 1 atom stereocenters. The highest BCUT2D eigenvalue weighted by atomic mass is 19.1. The number of hydrogen-bond acceptors (Lipinski definition) is 3. The molecule has 1 N–H and O–H groups in total. The molecule has 1 aromatic carbocycles. The summed E-state index contributed by atoms with van der Waals surface area (Å²) >= 11 is 0. The number of halogens is 1. The smallest absolute Gasteiger partial charge is 0.171 e. The Kier molecular flexibility index (Phi) is 4.63. The van der Waals surface area contributed by atoms with Gasteiger partial charge in [-0.15, -0.1) is 0 Å². The molecule has 0 spiro atoms. The first-order valence-corrected chi connectivity index (χ1v) is 7.15. The van der Waals surface area contributed by atoms with E-state index in [-0.39, 0.29) is 17.6 Å². The van der Waals surface area contributed by atoms with Crippen LogP contribution in [0.5, 0.6) is 11.5 Å². The van der Waals surface area contributed by atoms with E-state index in [1.165, 1.54) is 6.07 Å². The molecule has 21 heavy (non-hydrogen) atoms. The Hall–Kier alpha value is -1.88. The Morgan fingerprint density at radius 2 is 2.05 bits per heavy atom. The third-order valence-corrected chi connectivity index (χ3v) is 3.62. The van der Waals surface area contributed by atoms with Crippen LogP contribution in [0.25, 0.3) is 0 Å². The van der Waals surface area contributed by atoms with Crippen LogP contribution in [0.15, 0.2) is 18.2 Å². The van der Waals surface area contributed by atoms with Crippen molar-refractivity contribution in [3.63, 3.8) is 0 Å². The van der Waals surface area contributed by atoms with Gasteiger partial charge in [0.2, 0.25) is 0 Å². The Morgan fingerprint density at radius 1 is 1.33 bits per heavy atom. The molecule has 0 saturated carbocycles. The number of para-hydroxylation sites is 1. The minimum absolute atomic E-state index is 0.0120. The second-order valence-corrected chi connectivity index (χ2v) is 5.16. The van der Waals surface area contributed by atoms with E-state index in [0.717, 1.165) is 23.5 Å². The summed E-state index contributed by atoms with van der Waals surface area (Å²) in [6.45, 7) is 8.59. The summed E-state index contributed by atoms with van der Waals surface area (Å²) in [5, 5.41) is 7.58. The van der Waals surface area contributed by atoms with Crippen molar-refractivity contribution < 1.29 is 9.13 Å². The molecular formula is C16H22FN3O. The van der Waals surface area contributed by atoms with E-state index in [1.54, 1.807) is 10.7 Å². The van der Waals surface area contributed by atoms with E-state index >= 15 is 0 Å². The lowest BCUT2D eigenvalue weighted by atomic mass is 10.1. The van der Waals surface area contributed by atoms with Crippen LogP contribution in [-0.4, -0.2) is 16.3 Å². The van der Waals surface area contributed by atoms with E-state index < -0.39 is 0 Å². The highest BCUT2D eigenvalue weighted by molar-refractivity contribution is 5.43. The van der Waals surface area contributed by atoms with E-state index in [4.69, 9.17) is 4.74 Å². The topological polar surface area (TPSA) is 39.1 Å². The lowest BCUT2D eigenvalue weighted by Crippen LogP contribution is -2.18. The molecule has 2 aromatic rings. The van der Waals surface area contributed by atoms with E-state index in [0.29, 0.717) is 5.75 Å². The van der Waals surface area contributed by atoms with Gasteiger partial charge < -0.3 is 10.1 Å². The predicted octanol–water partition coefficient (Wildman–Crippen LogP) is 3.64. The fourth-order valence-electron chi connectivity index (χ4n) is 2.39. The number of aromatic nitrogens is 2. The van der Waals surface area contributed by atoms with Gasteiger partial charge in [0.05, 0.1) is 5.69 Å². The molecule has 1 heterocycles. The summed E-state index contributed by atoms with van der Waals surface area (Å²) in [5.41, 5.74) is 2.43. The summed E-state index contributed by atoms with van der Waals surface area (Å²) < 4.78 is 21.9. The number of nitrogens with one attached hydrogen (secondary N) is 1. The van der Waals surface area contributed by atoms with Crippen molar-refractivity contribution in [3.05, 3.63) is 41.0 Å². The maximum absolute atomic E-state index is 14.2. The molecule has 0 saturated heterocycles. The second kappa shape index (κ2) is 6.26. The Labute approximate surface area is 124 Å². The average Bonchev–Trinajstić information content (AvgIpc) is 2.67. The molecule has 2 rings (SSSR count). The Bertz CT molecular complexity index is 637.